The molecule has 0 aromatic heterocycles. The molecule has 1 aliphatic rings. The van der Waals surface area contributed by atoms with Gasteiger partial charge in [0.2, 0.25) is 0 Å². The van der Waals surface area contributed by atoms with Crippen LogP contribution in [-0.2, 0) is 15.6 Å². The molecule has 0 amide bonds. The fraction of sp³-hybridized carbons (Fsp3) is 0.684. The topological polar surface area (TPSA) is 9.23 Å². The highest BCUT2D eigenvalue weighted by Gasteiger charge is 2.30. The van der Waals surface area contributed by atoms with E-state index in [0.29, 0.717) is 6.10 Å². The molecule has 2 rings (SSSR count). The first-order valence-corrected chi connectivity index (χ1v) is 7.97. The molecule has 0 bridgehead atoms. The highest BCUT2D eigenvalue weighted by atomic mass is 16.5. The fourth-order valence-electron chi connectivity index (χ4n) is 3.29. The molecule has 1 nitrogen and oxygen atoms in total. The minimum atomic E-state index is 0.153. The number of hydrogen-bond acceptors (Lipinski definition) is 1. The van der Waals surface area contributed by atoms with E-state index in [2.05, 4.69) is 59.7 Å². The molecule has 1 saturated heterocycles. The van der Waals surface area contributed by atoms with Crippen molar-refractivity contribution in [2.75, 3.05) is 6.61 Å². The van der Waals surface area contributed by atoms with E-state index < -0.39 is 0 Å². The van der Waals surface area contributed by atoms with Gasteiger partial charge in [0, 0.05) is 6.61 Å². The SMILES string of the molecule is CC(C)(C)c1cccc(C2CCCCO2)c1C(C)(C)C. The summed E-state index contributed by atoms with van der Waals surface area (Å²) >= 11 is 0. The van der Waals surface area contributed by atoms with Crippen molar-refractivity contribution in [1.82, 2.24) is 0 Å². The van der Waals surface area contributed by atoms with E-state index in [9.17, 15) is 0 Å². The third kappa shape index (κ3) is 3.25. The normalized spacial score (nSPS) is 21.0. The van der Waals surface area contributed by atoms with E-state index in [1.807, 2.05) is 0 Å². The van der Waals surface area contributed by atoms with Gasteiger partial charge in [0.25, 0.3) is 0 Å². The molecule has 0 N–H and O–H groups in total. The number of benzene rings is 1. The van der Waals surface area contributed by atoms with Gasteiger partial charge in [-0.25, -0.2) is 0 Å². The van der Waals surface area contributed by atoms with E-state index in [0.717, 1.165) is 13.0 Å². The van der Waals surface area contributed by atoms with Crippen molar-refractivity contribution < 1.29 is 4.74 Å². The predicted molar refractivity (Wildman–Crippen MR) is 86.4 cm³/mol. The summed E-state index contributed by atoms with van der Waals surface area (Å²) in [7, 11) is 0. The molecule has 1 atom stereocenters. The van der Waals surface area contributed by atoms with E-state index in [4.69, 9.17) is 4.74 Å². The van der Waals surface area contributed by atoms with Gasteiger partial charge < -0.3 is 4.74 Å². The maximum atomic E-state index is 6.07. The van der Waals surface area contributed by atoms with Gasteiger partial charge in [0.1, 0.15) is 0 Å². The Hall–Kier alpha value is -0.820. The zero-order valence-electron chi connectivity index (χ0n) is 14.0. The molecule has 1 fully saturated rings. The zero-order valence-corrected chi connectivity index (χ0v) is 14.0. The van der Waals surface area contributed by atoms with Crippen LogP contribution in [0.4, 0.5) is 0 Å². The first-order valence-electron chi connectivity index (χ1n) is 7.97. The van der Waals surface area contributed by atoms with Gasteiger partial charge in [-0.1, -0.05) is 59.7 Å². The van der Waals surface area contributed by atoms with Gasteiger partial charge in [-0.15, -0.1) is 0 Å². The van der Waals surface area contributed by atoms with Crippen molar-refractivity contribution in [2.45, 2.75) is 77.7 Å². The summed E-state index contributed by atoms with van der Waals surface area (Å²) in [4.78, 5) is 0. The van der Waals surface area contributed by atoms with E-state index >= 15 is 0 Å². The van der Waals surface area contributed by atoms with Gasteiger partial charge >= 0.3 is 0 Å². The van der Waals surface area contributed by atoms with Crippen LogP contribution in [0.2, 0.25) is 0 Å². The maximum Gasteiger partial charge on any atom is 0.0827 e. The number of rotatable bonds is 1. The lowest BCUT2D eigenvalue weighted by atomic mass is 9.72. The summed E-state index contributed by atoms with van der Waals surface area (Å²) in [5, 5.41) is 0. The number of ether oxygens (including phenoxy) is 1. The van der Waals surface area contributed by atoms with Crippen molar-refractivity contribution >= 4 is 0 Å². The molecular formula is C19H30O. The van der Waals surface area contributed by atoms with Crippen molar-refractivity contribution in [3.05, 3.63) is 34.9 Å². The summed E-state index contributed by atoms with van der Waals surface area (Å²) in [6.07, 6.45) is 3.95. The lowest BCUT2D eigenvalue weighted by Crippen LogP contribution is -2.26. The minimum absolute atomic E-state index is 0.153. The maximum absolute atomic E-state index is 6.07. The Morgan fingerprint density at radius 3 is 2.15 bits per heavy atom. The minimum Gasteiger partial charge on any atom is -0.374 e. The average Bonchev–Trinajstić information content (AvgIpc) is 2.37. The van der Waals surface area contributed by atoms with Crippen molar-refractivity contribution in [1.29, 1.82) is 0 Å². The van der Waals surface area contributed by atoms with Gasteiger partial charge in [-0.2, -0.15) is 0 Å². The Labute approximate surface area is 124 Å². The van der Waals surface area contributed by atoms with Crippen LogP contribution in [0.15, 0.2) is 18.2 Å². The quantitative estimate of drug-likeness (QED) is 0.655. The molecule has 1 heteroatoms. The molecule has 1 aliphatic heterocycles. The summed E-state index contributed by atoms with van der Waals surface area (Å²) in [6, 6.07) is 6.79. The van der Waals surface area contributed by atoms with E-state index in [1.165, 1.54) is 29.5 Å². The van der Waals surface area contributed by atoms with Gasteiger partial charge in [-0.3, -0.25) is 0 Å². The largest absolute Gasteiger partial charge is 0.374 e. The molecule has 1 unspecified atom stereocenters. The third-order valence-electron chi connectivity index (χ3n) is 4.18. The average molecular weight is 274 g/mol. The van der Waals surface area contributed by atoms with E-state index in [1.54, 1.807) is 0 Å². The third-order valence-corrected chi connectivity index (χ3v) is 4.18. The number of hydrogen-bond donors (Lipinski definition) is 0. The molecule has 112 valence electrons. The van der Waals surface area contributed by atoms with E-state index in [-0.39, 0.29) is 10.8 Å². The van der Waals surface area contributed by atoms with Crippen LogP contribution in [0.1, 0.15) is 83.6 Å². The molecule has 1 aromatic rings. The van der Waals surface area contributed by atoms with Crippen LogP contribution in [0, 0.1) is 0 Å². The molecule has 1 heterocycles. The lowest BCUT2D eigenvalue weighted by Gasteiger charge is -2.35. The second-order valence-electron chi connectivity index (χ2n) is 8.13. The Bertz CT molecular complexity index is 454. The fourth-order valence-corrected chi connectivity index (χ4v) is 3.29. The summed E-state index contributed by atoms with van der Waals surface area (Å²) in [5.74, 6) is 0. The second kappa shape index (κ2) is 5.52. The zero-order chi connectivity index (χ0) is 15.0. The Balaban J connectivity index is 2.56. The highest BCUT2D eigenvalue weighted by molar-refractivity contribution is 5.44. The lowest BCUT2D eigenvalue weighted by molar-refractivity contribution is 0.0138. The molecular weight excluding hydrogens is 244 g/mol. The van der Waals surface area contributed by atoms with Crippen molar-refractivity contribution in [3.63, 3.8) is 0 Å². The van der Waals surface area contributed by atoms with Gasteiger partial charge in [-0.05, 0) is 46.8 Å². The van der Waals surface area contributed by atoms with Crippen LogP contribution >= 0.6 is 0 Å². The molecule has 0 spiro atoms. The van der Waals surface area contributed by atoms with Gasteiger partial charge in [0.05, 0.1) is 6.10 Å². The predicted octanol–water partition coefficient (Wildman–Crippen LogP) is 5.52. The molecule has 1 aromatic carbocycles. The summed E-state index contributed by atoms with van der Waals surface area (Å²) < 4.78 is 6.07. The monoisotopic (exact) mass is 274 g/mol. The second-order valence-corrected chi connectivity index (χ2v) is 8.13. The van der Waals surface area contributed by atoms with Gasteiger partial charge in [0.15, 0.2) is 0 Å². The Kier molecular flexibility index (Phi) is 4.30. The van der Waals surface area contributed by atoms with Crippen LogP contribution in [-0.4, -0.2) is 6.61 Å². The van der Waals surface area contributed by atoms with Crippen LogP contribution in [0.25, 0.3) is 0 Å². The molecule has 20 heavy (non-hydrogen) atoms. The first kappa shape index (κ1) is 15.6. The van der Waals surface area contributed by atoms with Crippen LogP contribution < -0.4 is 0 Å². The summed E-state index contributed by atoms with van der Waals surface area (Å²) in [6.45, 7) is 14.8. The van der Waals surface area contributed by atoms with Crippen LogP contribution in [0.5, 0.6) is 0 Å². The summed E-state index contributed by atoms with van der Waals surface area (Å²) in [5.41, 5.74) is 4.72. The Morgan fingerprint density at radius 2 is 1.65 bits per heavy atom. The first-order chi connectivity index (χ1) is 9.21. The molecule has 0 aliphatic carbocycles. The molecule has 0 radical (unpaired) electrons. The van der Waals surface area contributed by atoms with Crippen molar-refractivity contribution in [2.24, 2.45) is 0 Å². The molecule has 0 saturated carbocycles. The van der Waals surface area contributed by atoms with Crippen molar-refractivity contribution in [3.8, 4) is 0 Å². The standard InChI is InChI=1S/C19H30O/c1-18(2,3)15-11-9-10-14(17(15)19(4,5)6)16-12-7-8-13-20-16/h9-11,16H,7-8,12-13H2,1-6H3. The van der Waals surface area contributed by atoms with Crippen LogP contribution in [0.3, 0.4) is 0 Å². The smallest absolute Gasteiger partial charge is 0.0827 e. The Morgan fingerprint density at radius 1 is 0.950 bits per heavy atom. The highest BCUT2D eigenvalue weighted by Crippen LogP contribution is 2.41.